The molecule has 3 aromatic rings. The van der Waals surface area contributed by atoms with Crippen LogP contribution in [0.2, 0.25) is 0 Å². The van der Waals surface area contributed by atoms with E-state index in [1.807, 2.05) is 24.4 Å². The smallest absolute Gasteiger partial charge is 0.300 e. The summed E-state index contributed by atoms with van der Waals surface area (Å²) in [5.41, 5.74) is 1.77. The van der Waals surface area contributed by atoms with Crippen molar-refractivity contribution in [2.24, 2.45) is 0 Å². The van der Waals surface area contributed by atoms with Gasteiger partial charge in [0, 0.05) is 22.2 Å². The third-order valence-electron chi connectivity index (χ3n) is 5.56. The summed E-state index contributed by atoms with van der Waals surface area (Å²) in [7, 11) is 1.57. The van der Waals surface area contributed by atoms with E-state index in [1.165, 1.54) is 16.2 Å². The molecule has 1 atom stereocenters. The van der Waals surface area contributed by atoms with Crippen molar-refractivity contribution in [3.63, 3.8) is 0 Å². The van der Waals surface area contributed by atoms with Crippen LogP contribution in [0.4, 0.5) is 5.69 Å². The number of fused-ring (bicyclic) bond motifs is 1. The van der Waals surface area contributed by atoms with Crippen LogP contribution in [0.25, 0.3) is 5.76 Å². The van der Waals surface area contributed by atoms with Gasteiger partial charge in [-0.25, -0.2) is 0 Å². The number of ether oxygens (including phenoxy) is 3. The van der Waals surface area contributed by atoms with Gasteiger partial charge in [-0.2, -0.15) is 0 Å². The van der Waals surface area contributed by atoms with Crippen molar-refractivity contribution in [2.75, 3.05) is 18.8 Å². The molecule has 7 nitrogen and oxygen atoms in total. The van der Waals surface area contributed by atoms with Crippen LogP contribution in [-0.2, 0) is 9.59 Å². The van der Waals surface area contributed by atoms with Gasteiger partial charge in [0.2, 0.25) is 6.79 Å². The fraction of sp³-hybridized carbons (Fsp3) is 0.167. The van der Waals surface area contributed by atoms with E-state index in [4.69, 9.17) is 14.2 Å². The Labute approximate surface area is 188 Å². The second kappa shape index (κ2) is 7.72. The van der Waals surface area contributed by atoms with Gasteiger partial charge in [-0.3, -0.25) is 14.5 Å². The molecule has 1 aromatic heterocycles. The molecule has 0 spiro atoms. The second-order valence-electron chi connectivity index (χ2n) is 7.41. The average Bonchev–Trinajstić information content (AvgIpc) is 3.53. The van der Waals surface area contributed by atoms with E-state index in [9.17, 15) is 14.7 Å². The van der Waals surface area contributed by atoms with Gasteiger partial charge in [0.1, 0.15) is 17.6 Å². The molecule has 0 bridgehead atoms. The number of hydrogen-bond acceptors (Lipinski definition) is 7. The summed E-state index contributed by atoms with van der Waals surface area (Å²) in [6.45, 7) is 1.94. The zero-order valence-corrected chi connectivity index (χ0v) is 18.1. The number of hydrogen-bond donors (Lipinski definition) is 1. The first-order chi connectivity index (χ1) is 15.5. The predicted octanol–water partition coefficient (Wildman–Crippen LogP) is 4.42. The third-order valence-corrected chi connectivity index (χ3v) is 6.48. The maximum atomic E-state index is 13.2. The molecular formula is C24H19NO6S. The molecule has 1 amide bonds. The number of thiophene rings is 1. The highest BCUT2D eigenvalue weighted by atomic mass is 32.1. The first kappa shape index (κ1) is 20.1. The number of aliphatic hydroxyl groups excluding tert-OH is 1. The summed E-state index contributed by atoms with van der Waals surface area (Å²) in [5, 5.41) is 13.1. The van der Waals surface area contributed by atoms with Crippen LogP contribution >= 0.6 is 11.3 Å². The Bertz CT molecular complexity index is 1260. The third kappa shape index (κ3) is 3.11. The number of rotatable bonds is 4. The number of nitrogens with zero attached hydrogens (tertiary/aromatic N) is 1. The van der Waals surface area contributed by atoms with Crippen molar-refractivity contribution in [3.8, 4) is 17.2 Å². The number of benzene rings is 2. The Morgan fingerprint density at radius 1 is 1.12 bits per heavy atom. The van der Waals surface area contributed by atoms with Gasteiger partial charge in [0.05, 0.1) is 12.7 Å². The number of ketones is 1. The minimum absolute atomic E-state index is 0.0414. The first-order valence-corrected chi connectivity index (χ1v) is 10.8. The summed E-state index contributed by atoms with van der Waals surface area (Å²) in [5.74, 6) is 0.0563. The molecule has 2 aliphatic heterocycles. The summed E-state index contributed by atoms with van der Waals surface area (Å²) in [4.78, 5) is 28.5. The maximum absolute atomic E-state index is 13.2. The van der Waals surface area contributed by atoms with Crippen molar-refractivity contribution in [1.29, 1.82) is 0 Å². The molecule has 0 radical (unpaired) electrons. The molecule has 1 fully saturated rings. The number of Topliss-reactive ketones (excluding diaryl/α,β-unsaturated/α-hetero) is 1. The van der Waals surface area contributed by atoms with Crippen molar-refractivity contribution in [1.82, 2.24) is 0 Å². The van der Waals surface area contributed by atoms with Gasteiger partial charge in [-0.15, -0.1) is 11.3 Å². The van der Waals surface area contributed by atoms with Crippen LogP contribution in [0.5, 0.6) is 17.2 Å². The first-order valence-electron chi connectivity index (χ1n) is 9.88. The van der Waals surface area contributed by atoms with Gasteiger partial charge >= 0.3 is 0 Å². The van der Waals surface area contributed by atoms with Gasteiger partial charge in [0.15, 0.2) is 11.5 Å². The molecule has 5 rings (SSSR count). The number of carbonyl (C=O) groups excluding carboxylic acids is 2. The Hall–Kier alpha value is -3.78. The molecule has 3 heterocycles. The zero-order valence-electron chi connectivity index (χ0n) is 17.3. The van der Waals surface area contributed by atoms with E-state index >= 15 is 0 Å². The Balaban J connectivity index is 1.67. The molecule has 2 aliphatic rings. The molecule has 2 aromatic carbocycles. The number of carbonyl (C=O) groups is 2. The van der Waals surface area contributed by atoms with Crippen LogP contribution in [-0.4, -0.2) is 30.7 Å². The van der Waals surface area contributed by atoms with Crippen molar-refractivity contribution in [2.45, 2.75) is 13.0 Å². The average molecular weight is 449 g/mol. The largest absolute Gasteiger partial charge is 0.507 e. The number of anilines is 1. The standard InChI is InChI=1S/C24H19NO6S/c1-13-10-14(5-7-16(13)29-2)22(26)20-21(19-4-3-9-32-19)25(24(28)23(20)27)15-6-8-17-18(11-15)31-12-30-17/h3-11,21,26H,12H2,1-2H3/b22-20-. The van der Waals surface area contributed by atoms with E-state index in [1.54, 1.807) is 43.5 Å². The van der Waals surface area contributed by atoms with E-state index < -0.39 is 17.7 Å². The minimum atomic E-state index is -0.766. The predicted molar refractivity (Wildman–Crippen MR) is 119 cm³/mol. The van der Waals surface area contributed by atoms with Crippen LogP contribution in [0, 0.1) is 6.92 Å². The summed E-state index contributed by atoms with van der Waals surface area (Å²) in [6.07, 6.45) is 0. The molecule has 0 aliphatic carbocycles. The summed E-state index contributed by atoms with van der Waals surface area (Å²) in [6, 6.07) is 13.1. The lowest BCUT2D eigenvalue weighted by Crippen LogP contribution is -2.29. The summed E-state index contributed by atoms with van der Waals surface area (Å²) >= 11 is 1.41. The van der Waals surface area contributed by atoms with E-state index in [0.717, 1.165) is 10.4 Å². The number of aliphatic hydroxyl groups is 1. The van der Waals surface area contributed by atoms with Crippen LogP contribution < -0.4 is 19.1 Å². The van der Waals surface area contributed by atoms with Crippen molar-refractivity contribution >= 4 is 34.5 Å². The van der Waals surface area contributed by atoms with Gasteiger partial charge in [-0.05, 0) is 54.3 Å². The highest BCUT2D eigenvalue weighted by Crippen LogP contribution is 2.46. The lowest BCUT2D eigenvalue weighted by molar-refractivity contribution is -0.132. The Kier molecular flexibility index (Phi) is 4.86. The molecule has 1 saturated heterocycles. The second-order valence-corrected chi connectivity index (χ2v) is 8.39. The topological polar surface area (TPSA) is 85.3 Å². The molecule has 32 heavy (non-hydrogen) atoms. The molecule has 0 saturated carbocycles. The van der Waals surface area contributed by atoms with E-state index in [0.29, 0.717) is 28.5 Å². The number of methoxy groups -OCH3 is 1. The molecular weight excluding hydrogens is 430 g/mol. The number of aryl methyl sites for hydroxylation is 1. The van der Waals surface area contributed by atoms with E-state index in [2.05, 4.69) is 0 Å². The van der Waals surface area contributed by atoms with Gasteiger partial charge in [-0.1, -0.05) is 6.07 Å². The Morgan fingerprint density at radius 3 is 2.66 bits per heavy atom. The SMILES string of the molecule is COc1ccc(/C(O)=C2/C(=O)C(=O)N(c3ccc4c(c3)OCO4)C2c2cccs2)cc1C. The van der Waals surface area contributed by atoms with Gasteiger partial charge < -0.3 is 19.3 Å². The normalized spacial score (nSPS) is 18.9. The molecule has 1 N–H and O–H groups in total. The van der Waals surface area contributed by atoms with Crippen LogP contribution in [0.3, 0.4) is 0 Å². The highest BCUT2D eigenvalue weighted by Gasteiger charge is 2.47. The van der Waals surface area contributed by atoms with Crippen molar-refractivity contribution in [3.05, 3.63) is 75.5 Å². The van der Waals surface area contributed by atoms with Crippen LogP contribution in [0.15, 0.2) is 59.5 Å². The van der Waals surface area contributed by atoms with Gasteiger partial charge in [0.25, 0.3) is 11.7 Å². The molecule has 8 heteroatoms. The highest BCUT2D eigenvalue weighted by molar-refractivity contribution is 7.10. The minimum Gasteiger partial charge on any atom is -0.507 e. The maximum Gasteiger partial charge on any atom is 0.300 e. The lowest BCUT2D eigenvalue weighted by Gasteiger charge is -2.24. The van der Waals surface area contributed by atoms with Crippen molar-refractivity contribution < 1.29 is 28.9 Å². The lowest BCUT2D eigenvalue weighted by atomic mass is 9.98. The quantitative estimate of drug-likeness (QED) is 0.361. The van der Waals surface area contributed by atoms with E-state index in [-0.39, 0.29) is 18.1 Å². The monoisotopic (exact) mass is 449 g/mol. The molecule has 162 valence electrons. The number of amides is 1. The zero-order chi connectivity index (χ0) is 22.4. The summed E-state index contributed by atoms with van der Waals surface area (Å²) < 4.78 is 16.1. The molecule has 1 unspecified atom stereocenters. The fourth-order valence-electron chi connectivity index (χ4n) is 4.03. The van der Waals surface area contributed by atoms with Crippen LogP contribution in [0.1, 0.15) is 22.0 Å². The fourth-order valence-corrected chi connectivity index (χ4v) is 4.85. The Morgan fingerprint density at radius 2 is 1.94 bits per heavy atom.